The minimum atomic E-state index is 0.847. The second-order valence-electron chi connectivity index (χ2n) is 14.1. The molecule has 0 atom stereocenters. The highest BCUT2D eigenvalue weighted by Crippen LogP contribution is 2.42. The quantitative estimate of drug-likeness (QED) is 0.154. The molecule has 0 radical (unpaired) electrons. The highest BCUT2D eigenvalue weighted by atomic mass is 15.1. The van der Waals surface area contributed by atoms with Gasteiger partial charge in [-0.25, -0.2) is 0 Å². The van der Waals surface area contributed by atoms with Crippen LogP contribution in [0.4, 0.5) is 17.1 Å². The zero-order valence-electron chi connectivity index (χ0n) is 29.9. The molecule has 0 unspecified atom stereocenters. The van der Waals surface area contributed by atoms with Gasteiger partial charge in [-0.3, -0.25) is 0 Å². The van der Waals surface area contributed by atoms with Gasteiger partial charge in [0.2, 0.25) is 0 Å². The van der Waals surface area contributed by atoms with Crippen LogP contribution in [-0.4, -0.2) is 4.57 Å². The second kappa shape index (κ2) is 13.6. The van der Waals surface area contributed by atoms with Crippen molar-refractivity contribution in [2.24, 2.45) is 0 Å². The Labute approximate surface area is 315 Å². The van der Waals surface area contributed by atoms with Gasteiger partial charge in [-0.05, 0) is 104 Å². The molecule has 1 aromatic heterocycles. The molecule has 2 heteroatoms. The van der Waals surface area contributed by atoms with Crippen LogP contribution in [0.25, 0.3) is 65.6 Å². The monoisotopic (exact) mass is 690 g/mol. The average molecular weight is 691 g/mol. The van der Waals surface area contributed by atoms with Crippen molar-refractivity contribution in [2.45, 2.75) is 13.0 Å². The molecule has 0 bridgehead atoms. The van der Waals surface area contributed by atoms with Crippen molar-refractivity contribution >= 4 is 60.4 Å². The maximum atomic E-state index is 2.54. The zero-order valence-corrected chi connectivity index (χ0v) is 29.9. The van der Waals surface area contributed by atoms with E-state index >= 15 is 0 Å². The van der Waals surface area contributed by atoms with E-state index in [0.717, 1.165) is 24.3 Å². The van der Waals surface area contributed by atoms with Crippen molar-refractivity contribution in [1.29, 1.82) is 0 Å². The van der Waals surface area contributed by atoms with Gasteiger partial charge in [-0.15, -0.1) is 0 Å². The van der Waals surface area contributed by atoms with Crippen molar-refractivity contribution in [3.8, 4) is 22.3 Å². The van der Waals surface area contributed by atoms with Crippen LogP contribution >= 0.6 is 0 Å². The number of aromatic nitrogens is 1. The first-order valence-electron chi connectivity index (χ1n) is 18.8. The Kier molecular flexibility index (Phi) is 8.00. The third kappa shape index (κ3) is 5.60. The molecule has 256 valence electrons. The SMILES string of the molecule is c1ccc(-c2ccc(N(c3ccccc3)c3ccccc3CCn3c4ccccc4c4c5c(-c6ccc7ccccc7c6)cccc5ccc43)cc2)cc1. The smallest absolute Gasteiger partial charge is 0.0498 e. The number of aryl methyl sites for hydroxylation is 2. The van der Waals surface area contributed by atoms with E-state index in [-0.39, 0.29) is 0 Å². The van der Waals surface area contributed by atoms with Gasteiger partial charge in [-0.1, -0.05) is 158 Å². The first kappa shape index (κ1) is 31.8. The molecule has 0 N–H and O–H groups in total. The maximum absolute atomic E-state index is 2.54. The fourth-order valence-electron chi connectivity index (χ4n) is 8.36. The average Bonchev–Trinajstić information content (AvgIpc) is 3.57. The van der Waals surface area contributed by atoms with Gasteiger partial charge in [0.15, 0.2) is 0 Å². The van der Waals surface area contributed by atoms with E-state index in [1.54, 1.807) is 0 Å². The van der Waals surface area contributed by atoms with E-state index in [4.69, 9.17) is 0 Å². The molecule has 0 saturated heterocycles. The lowest BCUT2D eigenvalue weighted by Crippen LogP contribution is -2.13. The molecule has 0 amide bonds. The summed E-state index contributed by atoms with van der Waals surface area (Å²) in [6, 6.07) is 75.0. The Bertz CT molecular complexity index is 2920. The van der Waals surface area contributed by atoms with Crippen LogP contribution in [0.3, 0.4) is 0 Å². The summed E-state index contributed by atoms with van der Waals surface area (Å²) in [7, 11) is 0. The second-order valence-corrected chi connectivity index (χ2v) is 14.1. The van der Waals surface area contributed by atoms with E-state index in [1.807, 2.05) is 0 Å². The fourth-order valence-corrected chi connectivity index (χ4v) is 8.36. The summed E-state index contributed by atoms with van der Waals surface area (Å²) in [4.78, 5) is 2.40. The van der Waals surface area contributed by atoms with Crippen LogP contribution in [0, 0.1) is 0 Å². The van der Waals surface area contributed by atoms with Gasteiger partial charge >= 0.3 is 0 Å². The Morgan fingerprint density at radius 2 is 1.02 bits per heavy atom. The largest absolute Gasteiger partial charge is 0.340 e. The van der Waals surface area contributed by atoms with Gasteiger partial charge in [-0.2, -0.15) is 0 Å². The van der Waals surface area contributed by atoms with Crippen molar-refractivity contribution in [3.63, 3.8) is 0 Å². The highest BCUT2D eigenvalue weighted by Gasteiger charge is 2.19. The third-order valence-electron chi connectivity index (χ3n) is 10.9. The normalized spacial score (nSPS) is 11.5. The Morgan fingerprint density at radius 1 is 0.389 bits per heavy atom. The summed E-state index contributed by atoms with van der Waals surface area (Å²) < 4.78 is 2.54. The van der Waals surface area contributed by atoms with Crippen molar-refractivity contribution in [2.75, 3.05) is 4.90 Å². The Hall–Kier alpha value is -6.90. The number of hydrogen-bond donors (Lipinski definition) is 0. The Balaban J connectivity index is 1.08. The topological polar surface area (TPSA) is 8.17 Å². The van der Waals surface area contributed by atoms with Gasteiger partial charge in [0, 0.05) is 45.4 Å². The summed E-state index contributed by atoms with van der Waals surface area (Å²) in [6.45, 7) is 0.847. The maximum Gasteiger partial charge on any atom is 0.0498 e. The number of anilines is 3. The van der Waals surface area contributed by atoms with Crippen LogP contribution < -0.4 is 4.90 Å². The summed E-state index contributed by atoms with van der Waals surface area (Å²) in [5, 5.41) is 7.72. The van der Waals surface area contributed by atoms with Crippen molar-refractivity contribution < 1.29 is 0 Å². The number of hydrogen-bond acceptors (Lipinski definition) is 1. The van der Waals surface area contributed by atoms with Crippen molar-refractivity contribution in [1.82, 2.24) is 4.57 Å². The standard InChI is InChI=1S/C52H38N2/c1-3-14-37(15-4-1)39-28-31-45(32-29-39)54(44-20-5-2-6-21-44)48-24-11-9-17-40(48)34-35-53-49-25-12-10-22-47(49)52-50(53)33-30-41-19-13-23-46(51(41)52)43-27-26-38-16-7-8-18-42(38)36-43/h1-33,36H,34-35H2. The number of benzene rings is 9. The molecule has 54 heavy (non-hydrogen) atoms. The molecule has 0 fully saturated rings. The van der Waals surface area contributed by atoms with Crippen LogP contribution in [0.15, 0.2) is 206 Å². The molecule has 0 spiro atoms. The summed E-state index contributed by atoms with van der Waals surface area (Å²) in [5.74, 6) is 0. The van der Waals surface area contributed by atoms with Crippen LogP contribution in [0.2, 0.25) is 0 Å². The first-order chi connectivity index (χ1) is 26.8. The number of nitrogens with zero attached hydrogens (tertiary/aromatic N) is 2. The van der Waals surface area contributed by atoms with Gasteiger partial charge in [0.05, 0.1) is 0 Å². The van der Waals surface area contributed by atoms with Crippen LogP contribution in [-0.2, 0) is 13.0 Å². The van der Waals surface area contributed by atoms with E-state index in [1.165, 1.54) is 76.9 Å². The van der Waals surface area contributed by atoms with E-state index in [9.17, 15) is 0 Å². The number of rotatable bonds is 8. The Morgan fingerprint density at radius 3 is 1.87 bits per heavy atom. The molecule has 0 saturated carbocycles. The molecule has 9 aromatic carbocycles. The lowest BCUT2D eigenvalue weighted by molar-refractivity contribution is 0.745. The lowest BCUT2D eigenvalue weighted by Gasteiger charge is -2.28. The molecular weight excluding hydrogens is 653 g/mol. The van der Waals surface area contributed by atoms with E-state index in [0.29, 0.717) is 0 Å². The first-order valence-corrected chi connectivity index (χ1v) is 18.8. The van der Waals surface area contributed by atoms with Gasteiger partial charge < -0.3 is 9.47 Å². The van der Waals surface area contributed by atoms with E-state index in [2.05, 4.69) is 216 Å². The van der Waals surface area contributed by atoms with Crippen LogP contribution in [0.5, 0.6) is 0 Å². The highest BCUT2D eigenvalue weighted by molar-refractivity contribution is 6.24. The van der Waals surface area contributed by atoms with Gasteiger partial charge in [0.1, 0.15) is 0 Å². The zero-order chi connectivity index (χ0) is 35.8. The minimum absolute atomic E-state index is 0.847. The molecule has 10 rings (SSSR count). The van der Waals surface area contributed by atoms with Crippen molar-refractivity contribution in [3.05, 3.63) is 212 Å². The van der Waals surface area contributed by atoms with Crippen LogP contribution in [0.1, 0.15) is 5.56 Å². The molecule has 10 aromatic rings. The number of fused-ring (bicyclic) bond motifs is 6. The predicted molar refractivity (Wildman–Crippen MR) is 230 cm³/mol. The molecule has 1 heterocycles. The van der Waals surface area contributed by atoms with E-state index < -0.39 is 0 Å². The van der Waals surface area contributed by atoms with Gasteiger partial charge in [0.25, 0.3) is 0 Å². The minimum Gasteiger partial charge on any atom is -0.340 e. The fraction of sp³-hybridized carbons (Fsp3) is 0.0385. The molecule has 0 aliphatic carbocycles. The lowest BCUT2D eigenvalue weighted by atomic mass is 9.93. The molecular formula is C52H38N2. The number of para-hydroxylation sites is 3. The molecule has 2 nitrogen and oxygen atoms in total. The third-order valence-corrected chi connectivity index (χ3v) is 10.9. The summed E-state index contributed by atoms with van der Waals surface area (Å²) in [6.07, 6.45) is 0.875. The summed E-state index contributed by atoms with van der Waals surface area (Å²) >= 11 is 0. The molecule has 0 aliphatic heterocycles. The summed E-state index contributed by atoms with van der Waals surface area (Å²) in [5.41, 5.74) is 12.3. The predicted octanol–water partition coefficient (Wildman–Crippen LogP) is 14.1. The molecule has 0 aliphatic rings.